The van der Waals surface area contributed by atoms with E-state index in [-0.39, 0.29) is 5.76 Å². The molecule has 4 heteroatoms. The van der Waals surface area contributed by atoms with Gasteiger partial charge >= 0.3 is 0 Å². The van der Waals surface area contributed by atoms with Crippen molar-refractivity contribution in [3.05, 3.63) is 23.7 Å². The predicted molar refractivity (Wildman–Crippen MR) is 36.4 cm³/mol. The van der Waals surface area contributed by atoms with Crippen molar-refractivity contribution in [2.45, 2.75) is 19.4 Å². The Kier molecular flexibility index (Phi) is 2.24. The molecule has 0 spiro atoms. The van der Waals surface area contributed by atoms with Gasteiger partial charge in [0.1, 0.15) is 17.6 Å². The Morgan fingerprint density at radius 1 is 1.45 bits per heavy atom. The van der Waals surface area contributed by atoms with Gasteiger partial charge in [-0.15, -0.1) is 0 Å². The molecular formula is C7H9F2NO. The second-order valence-corrected chi connectivity index (χ2v) is 2.31. The zero-order valence-electron chi connectivity index (χ0n) is 6.05. The summed E-state index contributed by atoms with van der Waals surface area (Å²) in [5.74, 6) is 0.730. The molecular weight excluding hydrogens is 152 g/mol. The number of rotatable bonds is 2. The van der Waals surface area contributed by atoms with Crippen LogP contribution in [0.5, 0.6) is 0 Å². The third-order valence-corrected chi connectivity index (χ3v) is 1.36. The van der Waals surface area contributed by atoms with E-state index in [0.29, 0.717) is 5.76 Å². The standard InChI is InChI=1S/C7H9F2NO/c1-4-2-3-5(11-4)6(10)7(8)9/h2-3,6-7H,10H2,1H3/t6-/m1/s1. The van der Waals surface area contributed by atoms with E-state index in [1.165, 1.54) is 6.07 Å². The van der Waals surface area contributed by atoms with E-state index >= 15 is 0 Å². The van der Waals surface area contributed by atoms with E-state index in [0.717, 1.165) is 0 Å². The normalized spacial score (nSPS) is 13.9. The third-order valence-electron chi connectivity index (χ3n) is 1.36. The highest BCUT2D eigenvalue weighted by Gasteiger charge is 2.20. The summed E-state index contributed by atoms with van der Waals surface area (Å²) in [5, 5.41) is 0. The van der Waals surface area contributed by atoms with Gasteiger partial charge in [-0.2, -0.15) is 0 Å². The molecule has 11 heavy (non-hydrogen) atoms. The summed E-state index contributed by atoms with van der Waals surface area (Å²) >= 11 is 0. The molecule has 0 fully saturated rings. The maximum atomic E-state index is 11.9. The molecule has 1 atom stereocenters. The van der Waals surface area contributed by atoms with Crippen LogP contribution in [0.4, 0.5) is 8.78 Å². The summed E-state index contributed by atoms with van der Waals surface area (Å²) in [7, 11) is 0. The first-order valence-corrected chi connectivity index (χ1v) is 3.21. The number of nitrogens with two attached hydrogens (primary N) is 1. The minimum Gasteiger partial charge on any atom is -0.464 e. The first kappa shape index (κ1) is 8.20. The van der Waals surface area contributed by atoms with Crippen LogP contribution in [-0.2, 0) is 0 Å². The topological polar surface area (TPSA) is 39.2 Å². The van der Waals surface area contributed by atoms with Crippen molar-refractivity contribution in [2.24, 2.45) is 5.73 Å². The van der Waals surface area contributed by atoms with Crippen molar-refractivity contribution in [3.8, 4) is 0 Å². The summed E-state index contributed by atoms with van der Waals surface area (Å²) < 4.78 is 28.8. The van der Waals surface area contributed by atoms with Crippen LogP contribution in [0, 0.1) is 6.92 Å². The Morgan fingerprint density at radius 2 is 2.09 bits per heavy atom. The van der Waals surface area contributed by atoms with Gasteiger partial charge in [0.15, 0.2) is 0 Å². The lowest BCUT2D eigenvalue weighted by molar-refractivity contribution is 0.106. The van der Waals surface area contributed by atoms with E-state index in [4.69, 9.17) is 10.2 Å². The van der Waals surface area contributed by atoms with Crippen LogP contribution in [0.2, 0.25) is 0 Å². The molecule has 2 N–H and O–H groups in total. The molecule has 1 aromatic heterocycles. The molecule has 0 aromatic carbocycles. The van der Waals surface area contributed by atoms with Crippen LogP contribution in [0.3, 0.4) is 0 Å². The van der Waals surface area contributed by atoms with Crippen LogP contribution in [0.1, 0.15) is 17.6 Å². The Hall–Kier alpha value is -0.900. The van der Waals surface area contributed by atoms with Gasteiger partial charge in [0.05, 0.1) is 0 Å². The molecule has 0 unspecified atom stereocenters. The average Bonchev–Trinajstić information content (AvgIpc) is 2.34. The summed E-state index contributed by atoms with van der Waals surface area (Å²) in [6.45, 7) is 1.68. The lowest BCUT2D eigenvalue weighted by atomic mass is 10.2. The lowest BCUT2D eigenvalue weighted by Crippen LogP contribution is -2.17. The molecule has 0 aliphatic carbocycles. The SMILES string of the molecule is Cc1ccc([C@@H](N)C(F)F)o1. The Morgan fingerprint density at radius 3 is 2.45 bits per heavy atom. The molecule has 0 saturated heterocycles. The van der Waals surface area contributed by atoms with Gasteiger partial charge in [-0.25, -0.2) is 8.78 Å². The molecule has 1 rings (SSSR count). The summed E-state index contributed by atoms with van der Waals surface area (Å²) in [5.41, 5.74) is 5.11. The van der Waals surface area contributed by atoms with Crippen molar-refractivity contribution in [1.82, 2.24) is 0 Å². The van der Waals surface area contributed by atoms with Gasteiger partial charge in [0.25, 0.3) is 6.43 Å². The van der Waals surface area contributed by atoms with Gasteiger partial charge in [-0.3, -0.25) is 0 Å². The molecule has 1 aromatic rings. The Bertz CT molecular complexity index is 234. The third kappa shape index (κ3) is 1.77. The average molecular weight is 161 g/mol. The maximum absolute atomic E-state index is 11.9. The van der Waals surface area contributed by atoms with Crippen molar-refractivity contribution in [1.29, 1.82) is 0 Å². The van der Waals surface area contributed by atoms with Crippen LogP contribution < -0.4 is 5.73 Å². The number of hydrogen-bond donors (Lipinski definition) is 1. The van der Waals surface area contributed by atoms with Crippen LogP contribution in [0.25, 0.3) is 0 Å². The highest BCUT2D eigenvalue weighted by atomic mass is 19.3. The second kappa shape index (κ2) is 3.00. The first-order chi connectivity index (χ1) is 5.11. The molecule has 1 heterocycles. The van der Waals surface area contributed by atoms with Crippen molar-refractivity contribution >= 4 is 0 Å². The molecule has 2 nitrogen and oxygen atoms in total. The quantitative estimate of drug-likeness (QED) is 0.718. The van der Waals surface area contributed by atoms with Gasteiger partial charge in [-0.1, -0.05) is 0 Å². The fourth-order valence-electron chi connectivity index (χ4n) is 0.757. The number of aryl methyl sites for hydroxylation is 1. The van der Waals surface area contributed by atoms with Gasteiger partial charge in [-0.05, 0) is 19.1 Å². The summed E-state index contributed by atoms with van der Waals surface area (Å²) in [6.07, 6.45) is -2.57. The van der Waals surface area contributed by atoms with Crippen LogP contribution in [-0.4, -0.2) is 6.43 Å². The largest absolute Gasteiger partial charge is 0.464 e. The molecule has 0 aliphatic rings. The van der Waals surface area contributed by atoms with E-state index in [2.05, 4.69) is 0 Å². The lowest BCUT2D eigenvalue weighted by Gasteiger charge is -2.05. The second-order valence-electron chi connectivity index (χ2n) is 2.31. The molecule has 62 valence electrons. The fraction of sp³-hybridized carbons (Fsp3) is 0.429. The molecule has 0 radical (unpaired) electrons. The molecule has 0 bridgehead atoms. The predicted octanol–water partition coefficient (Wildman–Crippen LogP) is 1.85. The van der Waals surface area contributed by atoms with E-state index in [1.54, 1.807) is 13.0 Å². The Labute approximate surface area is 63.0 Å². The van der Waals surface area contributed by atoms with Crippen molar-refractivity contribution in [3.63, 3.8) is 0 Å². The highest BCUT2D eigenvalue weighted by Crippen LogP contribution is 2.19. The molecule has 0 amide bonds. The van der Waals surface area contributed by atoms with Crippen molar-refractivity contribution in [2.75, 3.05) is 0 Å². The number of alkyl halides is 2. The van der Waals surface area contributed by atoms with Gasteiger partial charge < -0.3 is 10.2 Å². The number of furan rings is 1. The first-order valence-electron chi connectivity index (χ1n) is 3.21. The monoisotopic (exact) mass is 161 g/mol. The summed E-state index contributed by atoms with van der Waals surface area (Å²) in [6, 6.07) is 1.77. The van der Waals surface area contributed by atoms with Gasteiger partial charge in [0, 0.05) is 0 Å². The van der Waals surface area contributed by atoms with E-state index in [9.17, 15) is 8.78 Å². The smallest absolute Gasteiger partial charge is 0.260 e. The van der Waals surface area contributed by atoms with E-state index in [1.807, 2.05) is 0 Å². The maximum Gasteiger partial charge on any atom is 0.260 e. The van der Waals surface area contributed by atoms with Crippen molar-refractivity contribution < 1.29 is 13.2 Å². The number of halogens is 2. The minimum absolute atomic E-state index is 0.137. The zero-order chi connectivity index (χ0) is 8.43. The Balaban J connectivity index is 2.76. The fourth-order valence-corrected chi connectivity index (χ4v) is 0.757. The minimum atomic E-state index is -2.57. The van der Waals surface area contributed by atoms with E-state index < -0.39 is 12.5 Å². The number of hydrogen-bond acceptors (Lipinski definition) is 2. The highest BCUT2D eigenvalue weighted by molar-refractivity contribution is 5.09. The zero-order valence-corrected chi connectivity index (χ0v) is 6.05. The summed E-state index contributed by atoms with van der Waals surface area (Å²) in [4.78, 5) is 0. The van der Waals surface area contributed by atoms with Crippen LogP contribution >= 0.6 is 0 Å². The van der Waals surface area contributed by atoms with Crippen LogP contribution in [0.15, 0.2) is 16.5 Å². The molecule has 0 saturated carbocycles. The molecule has 0 aliphatic heterocycles. The van der Waals surface area contributed by atoms with Gasteiger partial charge in [0.2, 0.25) is 0 Å².